The number of esters is 1. The van der Waals surface area contributed by atoms with Crippen molar-refractivity contribution >= 4 is 14.3 Å². The molecule has 2 saturated carbocycles. The smallest absolute Gasteiger partial charge is 0.320 e. The molecule has 0 saturated heterocycles. The Morgan fingerprint density at radius 2 is 1.91 bits per heavy atom. The second kappa shape index (κ2) is 4.19. The summed E-state index contributed by atoms with van der Waals surface area (Å²) in [5.74, 6) is 1.93. The molecule has 22 heavy (non-hydrogen) atoms. The van der Waals surface area contributed by atoms with Gasteiger partial charge in [-0.1, -0.05) is 27.7 Å². The van der Waals surface area contributed by atoms with Crippen molar-refractivity contribution in [3.63, 3.8) is 0 Å². The summed E-state index contributed by atoms with van der Waals surface area (Å²) in [6.07, 6.45) is 2.24. The molecule has 0 N–H and O–H groups in total. The van der Waals surface area contributed by atoms with Crippen molar-refractivity contribution < 1.29 is 14.0 Å². The lowest BCUT2D eigenvalue weighted by atomic mass is 9.73. The SMILES string of the molecule is COC(=O)[C@]12C(O[Si](C)(C)C(C)(C)C)=C(C)[C@@H]3C[C@H]1[C@@]2(C)C3. The highest BCUT2D eigenvalue weighted by Gasteiger charge is 2.86. The van der Waals surface area contributed by atoms with Crippen LogP contribution in [0.2, 0.25) is 18.1 Å². The van der Waals surface area contributed by atoms with Crippen molar-refractivity contribution in [2.24, 2.45) is 22.7 Å². The summed E-state index contributed by atoms with van der Waals surface area (Å²) in [6, 6.07) is 0. The predicted octanol–water partition coefficient (Wildman–Crippen LogP) is 4.50. The summed E-state index contributed by atoms with van der Waals surface area (Å²) in [4.78, 5) is 12.7. The Kier molecular flexibility index (Phi) is 3.07. The number of hydrogen-bond acceptors (Lipinski definition) is 3. The molecular weight excluding hydrogens is 292 g/mol. The Labute approximate surface area is 135 Å². The number of methoxy groups -OCH3 is 1. The highest BCUT2D eigenvalue weighted by Crippen LogP contribution is 2.85. The zero-order valence-electron chi connectivity index (χ0n) is 15.3. The predicted molar refractivity (Wildman–Crippen MR) is 89.8 cm³/mol. The van der Waals surface area contributed by atoms with Crippen molar-refractivity contribution in [1.82, 2.24) is 0 Å². The minimum Gasteiger partial charge on any atom is -0.546 e. The molecule has 124 valence electrons. The largest absolute Gasteiger partial charge is 0.546 e. The maximum atomic E-state index is 12.7. The topological polar surface area (TPSA) is 35.5 Å². The van der Waals surface area contributed by atoms with Crippen LogP contribution >= 0.6 is 0 Å². The third kappa shape index (κ3) is 1.60. The van der Waals surface area contributed by atoms with E-state index in [1.165, 1.54) is 12.7 Å². The van der Waals surface area contributed by atoms with Crippen LogP contribution in [0, 0.1) is 22.7 Å². The molecule has 0 aromatic carbocycles. The normalized spacial score (nSPS) is 39.8. The van der Waals surface area contributed by atoms with Gasteiger partial charge in [0, 0.05) is 0 Å². The Morgan fingerprint density at radius 1 is 1.32 bits per heavy atom. The number of ether oxygens (including phenoxy) is 1. The first-order valence-corrected chi connectivity index (χ1v) is 11.3. The van der Waals surface area contributed by atoms with Crippen LogP contribution in [0.4, 0.5) is 0 Å². The van der Waals surface area contributed by atoms with E-state index in [9.17, 15) is 4.79 Å². The Hall–Kier alpha value is -0.773. The van der Waals surface area contributed by atoms with Gasteiger partial charge in [-0.15, -0.1) is 0 Å². The van der Waals surface area contributed by atoms with Gasteiger partial charge in [-0.05, 0) is 60.7 Å². The molecule has 4 atom stereocenters. The maximum absolute atomic E-state index is 12.7. The average Bonchev–Trinajstić information content (AvgIpc) is 2.74. The minimum absolute atomic E-state index is 0.0575. The molecule has 4 rings (SSSR count). The zero-order chi connectivity index (χ0) is 16.7. The fourth-order valence-corrected chi connectivity index (χ4v) is 5.98. The van der Waals surface area contributed by atoms with Gasteiger partial charge >= 0.3 is 5.97 Å². The summed E-state index contributed by atoms with van der Waals surface area (Å²) in [5, 5.41) is 0.129. The van der Waals surface area contributed by atoms with Gasteiger partial charge < -0.3 is 9.16 Å². The summed E-state index contributed by atoms with van der Waals surface area (Å²) in [6.45, 7) is 15.7. The highest BCUT2D eigenvalue weighted by molar-refractivity contribution is 6.74. The first-order valence-electron chi connectivity index (χ1n) is 8.42. The van der Waals surface area contributed by atoms with Crippen molar-refractivity contribution in [3.05, 3.63) is 11.3 Å². The zero-order valence-corrected chi connectivity index (χ0v) is 16.3. The molecule has 0 amide bonds. The van der Waals surface area contributed by atoms with E-state index in [0.29, 0.717) is 11.8 Å². The quantitative estimate of drug-likeness (QED) is 0.567. The Balaban J connectivity index is 2.06. The molecule has 4 heteroatoms. The molecule has 0 heterocycles. The van der Waals surface area contributed by atoms with E-state index in [0.717, 1.165) is 18.6 Å². The van der Waals surface area contributed by atoms with E-state index >= 15 is 0 Å². The van der Waals surface area contributed by atoms with E-state index in [1.54, 1.807) is 0 Å². The first-order chi connectivity index (χ1) is 9.93. The van der Waals surface area contributed by atoms with E-state index in [1.807, 2.05) is 0 Å². The lowest BCUT2D eigenvalue weighted by molar-refractivity contribution is -0.149. The van der Waals surface area contributed by atoms with Crippen molar-refractivity contribution in [3.8, 4) is 0 Å². The highest BCUT2D eigenvalue weighted by atomic mass is 28.4. The summed E-state index contributed by atoms with van der Waals surface area (Å²) < 4.78 is 12.0. The van der Waals surface area contributed by atoms with Crippen LogP contribution in [0.3, 0.4) is 0 Å². The first kappa shape index (κ1) is 16.1. The van der Waals surface area contributed by atoms with Gasteiger partial charge in [-0.2, -0.15) is 0 Å². The fraction of sp³-hybridized carbons (Fsp3) is 0.833. The molecule has 0 spiro atoms. The van der Waals surface area contributed by atoms with Crippen LogP contribution in [0.15, 0.2) is 11.3 Å². The van der Waals surface area contributed by atoms with Crippen molar-refractivity contribution in [2.45, 2.75) is 65.6 Å². The molecule has 3 nitrogen and oxygen atoms in total. The van der Waals surface area contributed by atoms with Crippen molar-refractivity contribution in [2.75, 3.05) is 7.11 Å². The van der Waals surface area contributed by atoms with Gasteiger partial charge in [0.15, 0.2) is 0 Å². The van der Waals surface area contributed by atoms with Crippen LogP contribution in [0.1, 0.15) is 47.5 Å². The molecule has 0 aliphatic heterocycles. The van der Waals surface area contributed by atoms with Gasteiger partial charge in [-0.25, -0.2) is 0 Å². The number of rotatable bonds is 3. The standard InChI is InChI=1S/C18H30O3Si/c1-11-12-9-13-17(5,10-12)18(13,15(19)20-6)14(11)21-22(7,8)16(2,3)4/h12-13H,9-10H2,1-8H3/t12-,13+,17-,18-/m1/s1. The van der Waals surface area contributed by atoms with Crippen LogP contribution in [0.25, 0.3) is 0 Å². The fourth-order valence-electron chi connectivity index (χ4n) is 4.84. The molecule has 2 fully saturated rings. The molecule has 0 radical (unpaired) electrons. The van der Waals surface area contributed by atoms with Crippen LogP contribution in [-0.2, 0) is 14.0 Å². The second-order valence-corrected chi connectivity index (χ2v) is 14.0. The lowest BCUT2D eigenvalue weighted by Gasteiger charge is -2.43. The monoisotopic (exact) mass is 322 g/mol. The van der Waals surface area contributed by atoms with Crippen LogP contribution in [0.5, 0.6) is 0 Å². The second-order valence-electron chi connectivity index (χ2n) is 9.28. The molecule has 0 aromatic rings. The van der Waals surface area contributed by atoms with E-state index in [-0.39, 0.29) is 16.4 Å². The van der Waals surface area contributed by atoms with Crippen LogP contribution < -0.4 is 0 Å². The minimum atomic E-state index is -1.96. The number of carbonyl (C=O) groups excluding carboxylic acids is 1. The Morgan fingerprint density at radius 3 is 2.32 bits per heavy atom. The number of allylic oxidation sites excluding steroid dienone is 1. The van der Waals surface area contributed by atoms with E-state index in [2.05, 4.69) is 47.7 Å². The van der Waals surface area contributed by atoms with Gasteiger partial charge in [0.05, 0.1) is 12.9 Å². The van der Waals surface area contributed by atoms with Gasteiger partial charge in [0.1, 0.15) is 5.41 Å². The average molecular weight is 323 g/mol. The number of carbonyl (C=O) groups is 1. The summed E-state index contributed by atoms with van der Waals surface area (Å²) in [7, 11) is -0.449. The van der Waals surface area contributed by atoms with Gasteiger partial charge in [0.2, 0.25) is 8.32 Å². The maximum Gasteiger partial charge on any atom is 0.320 e. The summed E-state index contributed by atoms with van der Waals surface area (Å²) >= 11 is 0. The Bertz CT molecular complexity index is 571. The summed E-state index contributed by atoms with van der Waals surface area (Å²) in [5.41, 5.74) is 0.874. The third-order valence-corrected chi connectivity index (χ3v) is 11.6. The van der Waals surface area contributed by atoms with E-state index in [4.69, 9.17) is 9.16 Å². The molecule has 0 aromatic heterocycles. The van der Waals surface area contributed by atoms with Gasteiger partial charge in [-0.3, -0.25) is 4.79 Å². The molecular formula is C18H30O3Si. The molecule has 4 bridgehead atoms. The van der Waals surface area contributed by atoms with Crippen LogP contribution in [-0.4, -0.2) is 21.4 Å². The molecule has 4 aliphatic rings. The number of hydrogen-bond donors (Lipinski definition) is 0. The van der Waals surface area contributed by atoms with Crippen molar-refractivity contribution in [1.29, 1.82) is 0 Å². The van der Waals surface area contributed by atoms with E-state index < -0.39 is 13.7 Å². The lowest BCUT2D eigenvalue weighted by Crippen LogP contribution is -2.45. The molecule has 0 unspecified atom stereocenters. The molecule has 4 aliphatic carbocycles. The third-order valence-electron chi connectivity index (χ3n) is 7.30. The van der Waals surface area contributed by atoms with Gasteiger partial charge in [0.25, 0.3) is 0 Å².